The Hall–Kier alpha value is -2.43. The molecule has 0 atom stereocenters. The summed E-state index contributed by atoms with van der Waals surface area (Å²) in [6, 6.07) is 2.23. The summed E-state index contributed by atoms with van der Waals surface area (Å²) in [4.78, 5) is 24.7. The number of carbonyl (C=O) groups is 1. The van der Waals surface area contributed by atoms with Gasteiger partial charge in [0.15, 0.2) is 10.9 Å². The first kappa shape index (κ1) is 15.0. The van der Waals surface area contributed by atoms with Crippen LogP contribution in [0, 0.1) is 10.1 Å². The topological polar surface area (TPSA) is 94.4 Å². The number of nitrogens with zero attached hydrogens (tertiary/aromatic N) is 2. The summed E-state index contributed by atoms with van der Waals surface area (Å²) in [7, 11) is 1.24. The summed E-state index contributed by atoms with van der Waals surface area (Å²) in [6.45, 7) is 0. The molecule has 112 valence electrons. The highest BCUT2D eigenvalue weighted by Gasteiger charge is 2.39. The molecule has 2 aromatic rings. The number of rotatable bonds is 3. The highest BCUT2D eigenvalue weighted by Crippen LogP contribution is 2.36. The molecular weight excluding hydrogens is 315 g/mol. The molecule has 0 saturated heterocycles. The summed E-state index contributed by atoms with van der Waals surface area (Å²) < 4.78 is 41.6. The monoisotopic (exact) mass is 321 g/mol. The molecule has 21 heavy (non-hydrogen) atoms. The molecule has 0 aliphatic carbocycles. The van der Waals surface area contributed by atoms with Gasteiger partial charge >= 0.3 is 12.1 Å². The molecule has 0 aliphatic heterocycles. The summed E-state index contributed by atoms with van der Waals surface area (Å²) >= 11 is 0.675. The maximum atomic E-state index is 12.2. The number of ether oxygens (including phenoxy) is 1. The second-order valence-electron chi connectivity index (χ2n) is 3.72. The van der Waals surface area contributed by atoms with E-state index in [9.17, 15) is 28.1 Å². The molecule has 7 nitrogen and oxygen atoms in total. The average molecular weight is 321 g/mol. The van der Waals surface area contributed by atoms with Crippen molar-refractivity contribution in [2.45, 2.75) is 6.18 Å². The van der Waals surface area contributed by atoms with Crippen molar-refractivity contribution in [1.29, 1.82) is 0 Å². The lowest BCUT2D eigenvalue weighted by atomic mass is 10.3. The third-order valence-electron chi connectivity index (χ3n) is 2.35. The van der Waals surface area contributed by atoms with E-state index in [1.807, 2.05) is 0 Å². The second kappa shape index (κ2) is 5.16. The lowest BCUT2D eigenvalue weighted by Crippen LogP contribution is -2.29. The van der Waals surface area contributed by atoms with Crippen LogP contribution in [0.25, 0.3) is 10.2 Å². The molecule has 0 fully saturated rings. The van der Waals surface area contributed by atoms with E-state index in [-0.39, 0.29) is 26.8 Å². The van der Waals surface area contributed by atoms with Crippen molar-refractivity contribution in [2.24, 2.45) is 0 Å². The molecule has 11 heteroatoms. The minimum absolute atomic E-state index is 0.0305. The van der Waals surface area contributed by atoms with Crippen LogP contribution in [0.15, 0.2) is 12.1 Å². The standard InChI is InChI=1S/C10H6F3N3O4S/c1-20-5-2-4(16(18)19)3-6-7(5)14-9(21-6)15-8(17)10(11,12)13/h2-3H,1H3,(H,14,15,17). The lowest BCUT2D eigenvalue weighted by molar-refractivity contribution is -0.384. The number of halogens is 3. The highest BCUT2D eigenvalue weighted by molar-refractivity contribution is 7.22. The molecule has 1 aromatic heterocycles. The minimum atomic E-state index is -5.05. The first-order valence-corrected chi connectivity index (χ1v) is 6.05. The molecule has 0 radical (unpaired) electrons. The van der Waals surface area contributed by atoms with Gasteiger partial charge in [0, 0.05) is 6.07 Å². The largest absolute Gasteiger partial charge is 0.494 e. The SMILES string of the molecule is COc1cc([N+](=O)[O-])cc2sc(NC(=O)C(F)(F)F)nc12. The number of fused-ring (bicyclic) bond motifs is 1. The number of nitrogens with one attached hydrogen (secondary N) is 1. The van der Waals surface area contributed by atoms with Crippen molar-refractivity contribution in [3.8, 4) is 5.75 Å². The fourth-order valence-electron chi connectivity index (χ4n) is 1.47. The van der Waals surface area contributed by atoms with Crippen LogP contribution in [0.2, 0.25) is 0 Å². The highest BCUT2D eigenvalue weighted by atomic mass is 32.1. The maximum absolute atomic E-state index is 12.2. The number of anilines is 1. The lowest BCUT2D eigenvalue weighted by Gasteiger charge is -2.03. The van der Waals surface area contributed by atoms with Crippen molar-refractivity contribution < 1.29 is 27.6 Å². The number of nitro groups is 1. The van der Waals surface area contributed by atoms with Crippen LogP contribution in [-0.4, -0.2) is 29.1 Å². The number of aromatic nitrogens is 1. The van der Waals surface area contributed by atoms with E-state index in [4.69, 9.17) is 4.74 Å². The van der Waals surface area contributed by atoms with E-state index < -0.39 is 17.0 Å². The van der Waals surface area contributed by atoms with Gasteiger partial charge in [0.1, 0.15) is 5.52 Å². The number of carbonyl (C=O) groups excluding carboxylic acids is 1. The molecule has 2 rings (SSSR count). The van der Waals surface area contributed by atoms with Gasteiger partial charge in [0.25, 0.3) is 5.69 Å². The van der Waals surface area contributed by atoms with Crippen molar-refractivity contribution in [2.75, 3.05) is 12.4 Å². The molecule has 1 aromatic carbocycles. The van der Waals surface area contributed by atoms with Crippen LogP contribution in [-0.2, 0) is 4.79 Å². The molecule has 0 spiro atoms. The van der Waals surface area contributed by atoms with Gasteiger partial charge in [-0.25, -0.2) is 4.98 Å². The fraction of sp³-hybridized carbons (Fsp3) is 0.200. The number of methoxy groups -OCH3 is 1. The minimum Gasteiger partial charge on any atom is -0.494 e. The molecule has 0 aliphatic rings. The van der Waals surface area contributed by atoms with Crippen LogP contribution < -0.4 is 10.1 Å². The Balaban J connectivity index is 2.46. The molecule has 0 bridgehead atoms. The number of hydrogen-bond donors (Lipinski definition) is 1. The Morgan fingerprint density at radius 2 is 2.14 bits per heavy atom. The van der Waals surface area contributed by atoms with E-state index in [2.05, 4.69) is 4.98 Å². The van der Waals surface area contributed by atoms with Gasteiger partial charge in [-0.1, -0.05) is 11.3 Å². The van der Waals surface area contributed by atoms with Crippen LogP contribution >= 0.6 is 11.3 Å². The van der Waals surface area contributed by atoms with Gasteiger partial charge in [-0.2, -0.15) is 13.2 Å². The number of hydrogen-bond acceptors (Lipinski definition) is 6. The van der Waals surface area contributed by atoms with Crippen molar-refractivity contribution in [3.05, 3.63) is 22.2 Å². The van der Waals surface area contributed by atoms with Gasteiger partial charge in [-0.3, -0.25) is 20.2 Å². The van der Waals surface area contributed by atoms with Gasteiger partial charge in [-0.15, -0.1) is 0 Å². The van der Waals surface area contributed by atoms with E-state index in [1.54, 1.807) is 5.32 Å². The molecular formula is C10H6F3N3O4S. The Morgan fingerprint density at radius 3 is 2.67 bits per heavy atom. The zero-order valence-electron chi connectivity index (χ0n) is 10.2. The molecule has 0 saturated carbocycles. The predicted octanol–water partition coefficient (Wildman–Crippen LogP) is 2.71. The number of non-ortho nitro benzene ring substituents is 1. The molecule has 0 unspecified atom stereocenters. The smallest absolute Gasteiger partial charge is 0.471 e. The third kappa shape index (κ3) is 3.02. The van der Waals surface area contributed by atoms with Crippen molar-refractivity contribution in [1.82, 2.24) is 4.98 Å². The Morgan fingerprint density at radius 1 is 1.48 bits per heavy atom. The van der Waals surface area contributed by atoms with Gasteiger partial charge < -0.3 is 4.74 Å². The summed E-state index contributed by atoms with van der Waals surface area (Å²) in [6.07, 6.45) is -5.05. The normalized spacial score (nSPS) is 11.4. The Labute approximate surface area is 118 Å². The predicted molar refractivity (Wildman–Crippen MR) is 67.5 cm³/mol. The zero-order valence-corrected chi connectivity index (χ0v) is 11.0. The first-order chi connectivity index (χ1) is 9.72. The zero-order chi connectivity index (χ0) is 15.8. The molecule has 1 heterocycles. The number of alkyl halides is 3. The second-order valence-corrected chi connectivity index (χ2v) is 4.75. The number of benzene rings is 1. The summed E-state index contributed by atoms with van der Waals surface area (Å²) in [5, 5.41) is 12.0. The van der Waals surface area contributed by atoms with Crippen LogP contribution in [0.3, 0.4) is 0 Å². The summed E-state index contributed by atoms with van der Waals surface area (Å²) in [5.41, 5.74) is -0.165. The number of thiazole rings is 1. The van der Waals surface area contributed by atoms with Crippen molar-refractivity contribution in [3.63, 3.8) is 0 Å². The molecule has 1 N–H and O–H groups in total. The van der Waals surface area contributed by atoms with Crippen LogP contribution in [0.5, 0.6) is 5.75 Å². The van der Waals surface area contributed by atoms with E-state index in [0.29, 0.717) is 11.3 Å². The summed E-state index contributed by atoms with van der Waals surface area (Å²) in [5.74, 6) is -2.14. The Bertz CT molecular complexity index is 728. The third-order valence-corrected chi connectivity index (χ3v) is 3.27. The van der Waals surface area contributed by atoms with Crippen molar-refractivity contribution >= 4 is 38.3 Å². The average Bonchev–Trinajstić information content (AvgIpc) is 2.78. The quantitative estimate of drug-likeness (QED) is 0.693. The van der Waals surface area contributed by atoms with E-state index >= 15 is 0 Å². The van der Waals surface area contributed by atoms with Gasteiger partial charge in [0.05, 0.1) is 22.8 Å². The van der Waals surface area contributed by atoms with E-state index in [1.165, 1.54) is 7.11 Å². The first-order valence-electron chi connectivity index (χ1n) is 5.23. The van der Waals surface area contributed by atoms with Gasteiger partial charge in [-0.05, 0) is 0 Å². The van der Waals surface area contributed by atoms with Gasteiger partial charge in [0.2, 0.25) is 0 Å². The maximum Gasteiger partial charge on any atom is 0.471 e. The fourth-order valence-corrected chi connectivity index (χ4v) is 2.38. The van der Waals surface area contributed by atoms with Crippen LogP contribution in [0.4, 0.5) is 24.0 Å². The number of amides is 1. The molecule has 1 amide bonds. The van der Waals surface area contributed by atoms with Crippen LogP contribution in [0.1, 0.15) is 0 Å². The Kier molecular flexibility index (Phi) is 3.68. The number of nitro benzene ring substituents is 1. The van der Waals surface area contributed by atoms with E-state index in [0.717, 1.165) is 12.1 Å².